The zero-order chi connectivity index (χ0) is 14.7. The van der Waals surface area contributed by atoms with Crippen LogP contribution in [0.25, 0.3) is 0 Å². The maximum Gasteiger partial charge on any atom is 0.0935 e. The quantitative estimate of drug-likeness (QED) is 0.492. The zero-order valence-corrected chi connectivity index (χ0v) is 13.6. The van der Waals surface area contributed by atoms with Crippen molar-refractivity contribution in [3.8, 4) is 0 Å². The molecule has 0 unspecified atom stereocenters. The topological polar surface area (TPSA) is 24.4 Å². The molecule has 0 aliphatic heterocycles. The molecule has 0 spiro atoms. The largest absolute Gasteiger partial charge is 0.275 e. The van der Waals surface area contributed by atoms with Crippen LogP contribution >= 0.6 is 58.0 Å². The molecule has 2 aromatic carbocycles. The van der Waals surface area contributed by atoms with E-state index in [1.807, 2.05) is 0 Å². The van der Waals surface area contributed by atoms with Crippen LogP contribution < -0.4 is 5.43 Å². The van der Waals surface area contributed by atoms with Crippen molar-refractivity contribution in [2.75, 3.05) is 5.43 Å². The highest BCUT2D eigenvalue weighted by Gasteiger charge is 2.06. The number of hydrogen-bond donors (Lipinski definition) is 1. The number of benzene rings is 2. The number of hydrogen-bond acceptors (Lipinski definition) is 2. The van der Waals surface area contributed by atoms with Crippen molar-refractivity contribution in [2.45, 2.75) is 0 Å². The van der Waals surface area contributed by atoms with E-state index in [2.05, 4.69) is 10.5 Å². The maximum atomic E-state index is 6.02. The van der Waals surface area contributed by atoms with Crippen molar-refractivity contribution in [1.82, 2.24) is 0 Å². The first-order chi connectivity index (χ1) is 9.47. The van der Waals surface area contributed by atoms with Gasteiger partial charge in [-0.1, -0.05) is 64.1 Å². The molecular weight excluding hydrogens is 361 g/mol. The van der Waals surface area contributed by atoms with Crippen LogP contribution in [-0.4, -0.2) is 6.21 Å². The molecule has 2 nitrogen and oxygen atoms in total. The molecule has 0 bridgehead atoms. The Morgan fingerprint density at radius 2 is 1.40 bits per heavy atom. The molecule has 0 saturated heterocycles. The Hall–Kier alpha value is -0.640. The molecule has 1 N–H and O–H groups in total. The van der Waals surface area contributed by atoms with Gasteiger partial charge in [0, 0.05) is 15.6 Å². The average Bonchev–Trinajstić information content (AvgIpc) is 2.34. The summed E-state index contributed by atoms with van der Waals surface area (Å²) < 4.78 is 0. The Bertz CT molecular complexity index is 647. The third-order valence-electron chi connectivity index (χ3n) is 2.35. The maximum absolute atomic E-state index is 6.02. The van der Waals surface area contributed by atoms with Crippen molar-refractivity contribution in [3.63, 3.8) is 0 Å². The second-order valence-corrected chi connectivity index (χ2v) is 5.87. The summed E-state index contributed by atoms with van der Waals surface area (Å²) in [4.78, 5) is 0. The fourth-order valence-corrected chi connectivity index (χ4v) is 2.78. The monoisotopic (exact) mass is 366 g/mol. The minimum absolute atomic E-state index is 0.377. The molecule has 20 heavy (non-hydrogen) atoms. The SMILES string of the molecule is Clc1ccc(/C=N/Nc2c(Cl)cc(Cl)cc2Cl)c(Cl)c1. The van der Waals surface area contributed by atoms with Crippen LogP contribution in [-0.2, 0) is 0 Å². The molecule has 0 aliphatic rings. The zero-order valence-electron chi connectivity index (χ0n) is 9.80. The van der Waals surface area contributed by atoms with E-state index in [9.17, 15) is 0 Å². The smallest absolute Gasteiger partial charge is 0.0935 e. The molecule has 2 rings (SSSR count). The van der Waals surface area contributed by atoms with Gasteiger partial charge in [0.25, 0.3) is 0 Å². The lowest BCUT2D eigenvalue weighted by Crippen LogP contribution is -1.93. The highest BCUT2D eigenvalue weighted by molar-refractivity contribution is 6.41. The van der Waals surface area contributed by atoms with Gasteiger partial charge in [-0.25, -0.2) is 0 Å². The predicted octanol–water partition coefficient (Wildman–Crippen LogP) is 6.40. The highest BCUT2D eigenvalue weighted by atomic mass is 35.5. The Morgan fingerprint density at radius 3 is 2.00 bits per heavy atom. The Kier molecular flexibility index (Phi) is 5.42. The van der Waals surface area contributed by atoms with E-state index in [0.29, 0.717) is 36.4 Å². The van der Waals surface area contributed by atoms with E-state index >= 15 is 0 Å². The van der Waals surface area contributed by atoms with Gasteiger partial charge >= 0.3 is 0 Å². The van der Waals surface area contributed by atoms with Gasteiger partial charge in [0.15, 0.2) is 0 Å². The number of rotatable bonds is 3. The molecule has 0 fully saturated rings. The Labute approximate surface area is 141 Å². The number of hydrazone groups is 1. The van der Waals surface area contributed by atoms with Crippen molar-refractivity contribution in [2.24, 2.45) is 5.10 Å². The van der Waals surface area contributed by atoms with Crippen molar-refractivity contribution < 1.29 is 0 Å². The highest BCUT2D eigenvalue weighted by Crippen LogP contribution is 2.33. The summed E-state index contributed by atoms with van der Waals surface area (Å²) in [7, 11) is 0. The summed E-state index contributed by atoms with van der Waals surface area (Å²) in [5.74, 6) is 0. The third kappa shape index (κ3) is 3.94. The van der Waals surface area contributed by atoms with E-state index < -0.39 is 0 Å². The first-order valence-corrected chi connectivity index (χ1v) is 7.25. The summed E-state index contributed by atoms with van der Waals surface area (Å²) >= 11 is 29.7. The molecule has 0 atom stereocenters. The van der Waals surface area contributed by atoms with Gasteiger partial charge in [-0.15, -0.1) is 0 Å². The van der Waals surface area contributed by atoms with Gasteiger partial charge < -0.3 is 0 Å². The number of nitrogens with one attached hydrogen (secondary N) is 1. The Morgan fingerprint density at radius 1 is 0.800 bits per heavy atom. The minimum atomic E-state index is 0.377. The van der Waals surface area contributed by atoms with Crippen molar-refractivity contribution in [3.05, 3.63) is 61.0 Å². The average molecular weight is 368 g/mol. The van der Waals surface area contributed by atoms with Crippen LogP contribution in [0.5, 0.6) is 0 Å². The van der Waals surface area contributed by atoms with Gasteiger partial charge in [-0.3, -0.25) is 5.43 Å². The summed E-state index contributed by atoms with van der Waals surface area (Å²) in [6, 6.07) is 8.24. The van der Waals surface area contributed by atoms with E-state index in [1.54, 1.807) is 36.5 Å². The molecule has 104 valence electrons. The number of anilines is 1. The molecule has 7 heteroatoms. The Balaban J connectivity index is 2.18. The summed E-state index contributed by atoms with van der Waals surface area (Å²) in [6.07, 6.45) is 1.54. The van der Waals surface area contributed by atoms with Gasteiger partial charge in [0.1, 0.15) is 0 Å². The van der Waals surface area contributed by atoms with E-state index in [0.717, 1.165) is 0 Å². The predicted molar refractivity (Wildman–Crippen MR) is 89.2 cm³/mol. The number of halogens is 5. The van der Waals surface area contributed by atoms with Gasteiger partial charge in [-0.05, 0) is 24.3 Å². The van der Waals surface area contributed by atoms with Crippen molar-refractivity contribution >= 4 is 69.9 Å². The first-order valence-electron chi connectivity index (χ1n) is 5.36. The van der Waals surface area contributed by atoms with Crippen LogP contribution in [0.4, 0.5) is 5.69 Å². The normalized spacial score (nSPS) is 11.1. The lowest BCUT2D eigenvalue weighted by atomic mass is 10.2. The fourth-order valence-electron chi connectivity index (χ4n) is 1.42. The summed E-state index contributed by atoms with van der Waals surface area (Å²) in [5, 5.41) is 6.30. The van der Waals surface area contributed by atoms with Crippen LogP contribution in [0.1, 0.15) is 5.56 Å². The van der Waals surface area contributed by atoms with Gasteiger partial charge in [0.05, 0.1) is 27.0 Å². The van der Waals surface area contributed by atoms with Crippen LogP contribution in [0.3, 0.4) is 0 Å². The standard InChI is InChI=1S/C13H7Cl5N2/c14-8-2-1-7(10(16)3-8)6-19-20-13-11(17)4-9(15)5-12(13)18/h1-6,20H/b19-6+. The summed E-state index contributed by atoms with van der Waals surface area (Å²) in [6.45, 7) is 0. The molecule has 0 amide bonds. The minimum Gasteiger partial charge on any atom is -0.275 e. The van der Waals surface area contributed by atoms with E-state index in [1.165, 1.54) is 0 Å². The molecule has 0 saturated carbocycles. The van der Waals surface area contributed by atoms with Gasteiger partial charge in [0.2, 0.25) is 0 Å². The third-order valence-corrected chi connectivity index (χ3v) is 3.73. The molecule has 0 radical (unpaired) electrons. The fraction of sp³-hybridized carbons (Fsp3) is 0. The first kappa shape index (κ1) is 15.7. The molecular formula is C13H7Cl5N2. The van der Waals surface area contributed by atoms with Crippen molar-refractivity contribution in [1.29, 1.82) is 0 Å². The lowest BCUT2D eigenvalue weighted by molar-refractivity contribution is 1.35. The van der Waals surface area contributed by atoms with Crippen LogP contribution in [0.2, 0.25) is 25.1 Å². The second-order valence-electron chi connectivity index (χ2n) is 3.78. The molecule has 2 aromatic rings. The molecule has 0 aliphatic carbocycles. The second kappa shape index (κ2) is 6.88. The lowest BCUT2D eigenvalue weighted by Gasteiger charge is -2.06. The van der Waals surface area contributed by atoms with E-state index in [4.69, 9.17) is 58.0 Å². The van der Waals surface area contributed by atoms with Crippen LogP contribution in [0.15, 0.2) is 35.4 Å². The van der Waals surface area contributed by atoms with Gasteiger partial charge in [-0.2, -0.15) is 5.10 Å². The van der Waals surface area contributed by atoms with E-state index in [-0.39, 0.29) is 0 Å². The van der Waals surface area contributed by atoms with Crippen LogP contribution in [0, 0.1) is 0 Å². The summed E-state index contributed by atoms with van der Waals surface area (Å²) in [5.41, 5.74) is 3.94. The molecule has 0 heterocycles. The molecule has 0 aromatic heterocycles. The number of nitrogens with zero attached hydrogens (tertiary/aromatic N) is 1.